The number of rotatable bonds is 6. The van der Waals surface area contributed by atoms with E-state index in [0.717, 1.165) is 18.8 Å². The second kappa shape index (κ2) is 6.65. The van der Waals surface area contributed by atoms with E-state index in [1.165, 1.54) is 11.1 Å². The summed E-state index contributed by atoms with van der Waals surface area (Å²) >= 11 is 0. The first-order valence-corrected chi connectivity index (χ1v) is 6.49. The molecule has 1 unspecified atom stereocenters. The van der Waals surface area contributed by atoms with Crippen LogP contribution in [0.25, 0.3) is 0 Å². The predicted molar refractivity (Wildman–Crippen MR) is 73.7 cm³/mol. The minimum absolute atomic E-state index is 0.233. The normalized spacial score (nSPS) is 12.8. The topological polar surface area (TPSA) is 21.3 Å². The monoisotopic (exact) mass is 235 g/mol. The molecule has 1 rings (SSSR count). The molecule has 1 aromatic carbocycles. The van der Waals surface area contributed by atoms with Crippen LogP contribution in [0.4, 0.5) is 0 Å². The lowest BCUT2D eigenvalue weighted by Gasteiger charge is -2.24. The quantitative estimate of drug-likeness (QED) is 0.816. The molecular formula is C15H25NO. The van der Waals surface area contributed by atoms with E-state index in [1.54, 1.807) is 0 Å². The molecule has 1 aromatic rings. The molecule has 17 heavy (non-hydrogen) atoms. The summed E-state index contributed by atoms with van der Waals surface area (Å²) in [6, 6.07) is 6.35. The Kier molecular flexibility index (Phi) is 5.49. The van der Waals surface area contributed by atoms with E-state index in [1.807, 2.05) is 0 Å². The fourth-order valence-electron chi connectivity index (χ4n) is 1.79. The van der Waals surface area contributed by atoms with Gasteiger partial charge in [-0.2, -0.15) is 0 Å². The fraction of sp³-hybridized carbons (Fsp3) is 0.600. The van der Waals surface area contributed by atoms with Crippen molar-refractivity contribution in [1.82, 2.24) is 5.32 Å². The van der Waals surface area contributed by atoms with Crippen molar-refractivity contribution in [3.05, 3.63) is 29.3 Å². The molecule has 0 bridgehead atoms. The largest absolute Gasteiger partial charge is 0.489 e. The van der Waals surface area contributed by atoms with E-state index >= 15 is 0 Å². The molecule has 0 amide bonds. The van der Waals surface area contributed by atoms with Crippen LogP contribution in [0.1, 0.15) is 31.9 Å². The van der Waals surface area contributed by atoms with Crippen molar-refractivity contribution in [2.75, 3.05) is 13.1 Å². The Morgan fingerprint density at radius 1 is 1.24 bits per heavy atom. The number of likely N-dealkylation sites (N-methyl/N-ethyl adjacent to an activating group) is 1. The zero-order valence-corrected chi connectivity index (χ0v) is 11.7. The van der Waals surface area contributed by atoms with Crippen LogP contribution in [0.5, 0.6) is 5.75 Å². The molecule has 2 nitrogen and oxygen atoms in total. The van der Waals surface area contributed by atoms with Gasteiger partial charge in [0.15, 0.2) is 0 Å². The Labute approximate surface area is 105 Å². The lowest BCUT2D eigenvalue weighted by Crippen LogP contribution is -2.35. The zero-order valence-electron chi connectivity index (χ0n) is 11.7. The summed E-state index contributed by atoms with van der Waals surface area (Å²) in [6.45, 7) is 12.6. The van der Waals surface area contributed by atoms with Crippen LogP contribution >= 0.6 is 0 Å². The molecule has 0 spiro atoms. The molecule has 0 fully saturated rings. The highest BCUT2D eigenvalue weighted by Crippen LogP contribution is 2.21. The van der Waals surface area contributed by atoms with Crippen molar-refractivity contribution < 1.29 is 4.74 Å². The van der Waals surface area contributed by atoms with Gasteiger partial charge < -0.3 is 10.1 Å². The molecule has 0 aliphatic carbocycles. The van der Waals surface area contributed by atoms with Gasteiger partial charge in [-0.05, 0) is 37.9 Å². The number of hydrogen-bond acceptors (Lipinski definition) is 2. The minimum atomic E-state index is 0.233. The van der Waals surface area contributed by atoms with E-state index in [9.17, 15) is 0 Å². The molecule has 0 aliphatic heterocycles. The van der Waals surface area contributed by atoms with Crippen LogP contribution in [-0.4, -0.2) is 19.2 Å². The smallest absolute Gasteiger partial charge is 0.122 e. The SMILES string of the molecule is CCNCC(Oc1ccc(C)cc1C)C(C)C. The summed E-state index contributed by atoms with van der Waals surface area (Å²) in [5, 5.41) is 3.36. The van der Waals surface area contributed by atoms with Gasteiger partial charge in [0.25, 0.3) is 0 Å². The van der Waals surface area contributed by atoms with Crippen LogP contribution in [0.2, 0.25) is 0 Å². The van der Waals surface area contributed by atoms with E-state index in [0.29, 0.717) is 5.92 Å². The third-order valence-corrected chi connectivity index (χ3v) is 2.95. The molecule has 1 N–H and O–H groups in total. The fourth-order valence-corrected chi connectivity index (χ4v) is 1.79. The van der Waals surface area contributed by atoms with Gasteiger partial charge in [0.05, 0.1) is 0 Å². The molecule has 0 saturated carbocycles. The summed E-state index contributed by atoms with van der Waals surface area (Å²) in [5.41, 5.74) is 2.50. The minimum Gasteiger partial charge on any atom is -0.489 e. The van der Waals surface area contributed by atoms with Crippen molar-refractivity contribution >= 4 is 0 Å². The third-order valence-electron chi connectivity index (χ3n) is 2.95. The maximum atomic E-state index is 6.10. The first-order valence-electron chi connectivity index (χ1n) is 6.49. The second-order valence-electron chi connectivity index (χ2n) is 4.98. The van der Waals surface area contributed by atoms with Gasteiger partial charge in [-0.25, -0.2) is 0 Å². The van der Waals surface area contributed by atoms with Crippen molar-refractivity contribution in [2.24, 2.45) is 5.92 Å². The van der Waals surface area contributed by atoms with Crippen LogP contribution < -0.4 is 10.1 Å². The first kappa shape index (κ1) is 14.0. The van der Waals surface area contributed by atoms with Crippen molar-refractivity contribution in [3.8, 4) is 5.75 Å². The first-order chi connectivity index (χ1) is 8.04. The number of benzene rings is 1. The highest BCUT2D eigenvalue weighted by Gasteiger charge is 2.15. The summed E-state index contributed by atoms with van der Waals surface area (Å²) < 4.78 is 6.10. The molecule has 1 atom stereocenters. The summed E-state index contributed by atoms with van der Waals surface area (Å²) in [7, 11) is 0. The number of ether oxygens (including phenoxy) is 1. The molecule has 0 aliphatic rings. The predicted octanol–water partition coefficient (Wildman–Crippen LogP) is 3.32. The van der Waals surface area contributed by atoms with Gasteiger partial charge >= 0.3 is 0 Å². The molecular weight excluding hydrogens is 210 g/mol. The molecule has 96 valence electrons. The van der Waals surface area contributed by atoms with E-state index < -0.39 is 0 Å². The molecule has 0 heterocycles. The Balaban J connectivity index is 2.71. The number of nitrogens with one attached hydrogen (secondary N) is 1. The summed E-state index contributed by atoms with van der Waals surface area (Å²) in [4.78, 5) is 0. The highest BCUT2D eigenvalue weighted by molar-refractivity contribution is 5.35. The lowest BCUT2D eigenvalue weighted by atomic mass is 10.1. The Hall–Kier alpha value is -1.02. The van der Waals surface area contributed by atoms with Crippen LogP contribution in [0.3, 0.4) is 0 Å². The van der Waals surface area contributed by atoms with Gasteiger partial charge in [-0.3, -0.25) is 0 Å². The summed E-state index contributed by atoms with van der Waals surface area (Å²) in [6.07, 6.45) is 0.233. The zero-order chi connectivity index (χ0) is 12.8. The van der Waals surface area contributed by atoms with E-state index in [4.69, 9.17) is 4.74 Å². The summed E-state index contributed by atoms with van der Waals surface area (Å²) in [5.74, 6) is 1.52. The van der Waals surface area contributed by atoms with Gasteiger partial charge in [0.1, 0.15) is 11.9 Å². The van der Waals surface area contributed by atoms with Gasteiger partial charge in [0.2, 0.25) is 0 Å². The Morgan fingerprint density at radius 2 is 1.94 bits per heavy atom. The van der Waals surface area contributed by atoms with Crippen LogP contribution in [-0.2, 0) is 0 Å². The van der Waals surface area contributed by atoms with Gasteiger partial charge in [-0.1, -0.05) is 38.5 Å². The molecule has 0 radical (unpaired) electrons. The van der Waals surface area contributed by atoms with Crippen molar-refractivity contribution in [3.63, 3.8) is 0 Å². The van der Waals surface area contributed by atoms with E-state index in [-0.39, 0.29) is 6.10 Å². The second-order valence-corrected chi connectivity index (χ2v) is 4.98. The van der Waals surface area contributed by atoms with Crippen LogP contribution in [0, 0.1) is 19.8 Å². The van der Waals surface area contributed by atoms with Gasteiger partial charge in [-0.15, -0.1) is 0 Å². The Bertz CT molecular complexity index is 347. The standard InChI is InChI=1S/C15H25NO/c1-6-16-10-15(11(2)3)17-14-8-7-12(4)9-13(14)5/h7-9,11,15-16H,6,10H2,1-5H3. The third kappa shape index (κ3) is 4.39. The van der Waals surface area contributed by atoms with Crippen LogP contribution in [0.15, 0.2) is 18.2 Å². The maximum absolute atomic E-state index is 6.10. The van der Waals surface area contributed by atoms with Crippen molar-refractivity contribution in [2.45, 2.75) is 40.7 Å². The van der Waals surface area contributed by atoms with Crippen molar-refractivity contribution in [1.29, 1.82) is 0 Å². The van der Waals surface area contributed by atoms with Gasteiger partial charge in [0, 0.05) is 6.54 Å². The lowest BCUT2D eigenvalue weighted by molar-refractivity contribution is 0.148. The van der Waals surface area contributed by atoms with E-state index in [2.05, 4.69) is 58.1 Å². The average molecular weight is 235 g/mol. The molecule has 0 aromatic heterocycles. The average Bonchev–Trinajstić information content (AvgIpc) is 2.26. The molecule has 2 heteroatoms. The number of hydrogen-bond donors (Lipinski definition) is 1. The molecule has 0 saturated heterocycles. The highest BCUT2D eigenvalue weighted by atomic mass is 16.5. The number of aryl methyl sites for hydroxylation is 2. The maximum Gasteiger partial charge on any atom is 0.122 e. The Morgan fingerprint density at radius 3 is 2.47 bits per heavy atom.